The number of piperidine rings is 1. The molecule has 0 bridgehead atoms. The lowest BCUT2D eigenvalue weighted by atomic mass is 10.1. The number of pyridine rings is 1. The van der Waals surface area contributed by atoms with Crippen molar-refractivity contribution < 1.29 is 9.32 Å². The number of hydrogen-bond acceptors (Lipinski definition) is 7. The number of nitriles is 1. The molecule has 1 saturated heterocycles. The predicted molar refractivity (Wildman–Crippen MR) is 129 cm³/mol. The molecule has 1 aliphatic carbocycles. The average Bonchev–Trinajstić information content (AvgIpc) is 3.38. The summed E-state index contributed by atoms with van der Waals surface area (Å²) in [5.74, 6) is 0.326. The highest BCUT2D eigenvalue weighted by Gasteiger charge is 2.24. The van der Waals surface area contributed by atoms with E-state index in [0.29, 0.717) is 53.5 Å². The van der Waals surface area contributed by atoms with Crippen LogP contribution < -0.4 is 10.9 Å². The molecule has 1 unspecified atom stereocenters. The van der Waals surface area contributed by atoms with E-state index in [1.165, 1.54) is 0 Å². The van der Waals surface area contributed by atoms with Gasteiger partial charge in [0.1, 0.15) is 28.3 Å². The normalized spacial score (nSPS) is 18.7. The van der Waals surface area contributed by atoms with Gasteiger partial charge in [-0.2, -0.15) is 10.2 Å². The number of anilines is 2. The fraction of sp³-hybridized carbons (Fsp3) is 0.417. The summed E-state index contributed by atoms with van der Waals surface area (Å²) in [6.07, 6.45) is 6.40. The largest absolute Gasteiger partial charge is 0.393 e. The highest BCUT2D eigenvalue weighted by molar-refractivity contribution is 7.82. The molecule has 34 heavy (non-hydrogen) atoms. The van der Waals surface area contributed by atoms with Gasteiger partial charge in [0.25, 0.3) is 5.56 Å². The molecule has 5 rings (SSSR count). The summed E-state index contributed by atoms with van der Waals surface area (Å²) in [7, 11) is -1.32. The van der Waals surface area contributed by atoms with Crippen LogP contribution in [0.5, 0.6) is 0 Å². The minimum Gasteiger partial charge on any atom is -0.393 e. The Balaban J connectivity index is 1.45. The van der Waals surface area contributed by atoms with E-state index >= 15 is 0 Å². The first kappa shape index (κ1) is 22.7. The minimum atomic E-state index is -1.32. The molecule has 0 spiro atoms. The summed E-state index contributed by atoms with van der Waals surface area (Å²) in [4.78, 5) is 22.7. The topological polar surface area (TPSA) is 124 Å². The molecule has 10 heteroatoms. The Hall–Kier alpha value is -3.13. The SMILES string of the molecule is N#Cc1cc2cnc(Nc3cccc(S(=O)N4CCC(O)CC4)c3)nc2n(C2CCCC2)c1=O. The van der Waals surface area contributed by atoms with Crippen molar-refractivity contribution in [3.05, 3.63) is 52.4 Å². The van der Waals surface area contributed by atoms with Gasteiger partial charge in [0.15, 0.2) is 0 Å². The van der Waals surface area contributed by atoms with Crippen molar-refractivity contribution in [3.8, 4) is 6.07 Å². The summed E-state index contributed by atoms with van der Waals surface area (Å²) < 4.78 is 16.5. The zero-order valence-corrected chi connectivity index (χ0v) is 19.5. The molecule has 1 atom stereocenters. The molecular formula is C24H26N6O3S. The van der Waals surface area contributed by atoms with E-state index in [1.807, 2.05) is 28.6 Å². The molecule has 2 aromatic heterocycles. The maximum atomic E-state index is 13.0. The van der Waals surface area contributed by atoms with Crippen LogP contribution >= 0.6 is 0 Å². The fourth-order valence-corrected chi connectivity index (χ4v) is 5.99. The van der Waals surface area contributed by atoms with Crippen LogP contribution in [-0.2, 0) is 11.0 Å². The molecule has 2 aliphatic rings. The van der Waals surface area contributed by atoms with Gasteiger partial charge in [0.2, 0.25) is 5.95 Å². The molecule has 3 heterocycles. The molecule has 0 amide bonds. The summed E-state index contributed by atoms with van der Waals surface area (Å²) in [5.41, 5.74) is 0.991. The second kappa shape index (κ2) is 9.62. The van der Waals surface area contributed by atoms with Gasteiger partial charge in [-0.25, -0.2) is 13.5 Å². The highest BCUT2D eigenvalue weighted by atomic mass is 32.2. The molecule has 2 N–H and O–H groups in total. The smallest absolute Gasteiger partial charge is 0.270 e. The molecule has 2 fully saturated rings. The number of fused-ring (bicyclic) bond motifs is 1. The summed E-state index contributed by atoms with van der Waals surface area (Å²) in [6, 6.07) is 10.9. The van der Waals surface area contributed by atoms with Crippen LogP contribution in [0, 0.1) is 11.3 Å². The second-order valence-electron chi connectivity index (χ2n) is 8.82. The Bertz CT molecular complexity index is 1340. The molecule has 1 aromatic carbocycles. The van der Waals surface area contributed by atoms with Crippen LogP contribution in [0.25, 0.3) is 11.0 Å². The number of nitrogens with zero attached hydrogens (tertiary/aromatic N) is 5. The Morgan fingerprint density at radius 1 is 1.15 bits per heavy atom. The first-order chi connectivity index (χ1) is 16.5. The van der Waals surface area contributed by atoms with Crippen LogP contribution in [-0.4, -0.2) is 47.3 Å². The number of benzene rings is 1. The van der Waals surface area contributed by atoms with Crippen LogP contribution in [0.3, 0.4) is 0 Å². The van der Waals surface area contributed by atoms with Crippen molar-refractivity contribution in [2.24, 2.45) is 0 Å². The van der Waals surface area contributed by atoms with Gasteiger partial charge in [-0.1, -0.05) is 18.9 Å². The maximum Gasteiger partial charge on any atom is 0.270 e. The van der Waals surface area contributed by atoms with Crippen LogP contribution in [0.4, 0.5) is 11.6 Å². The van der Waals surface area contributed by atoms with E-state index in [4.69, 9.17) is 0 Å². The lowest BCUT2D eigenvalue weighted by Gasteiger charge is -2.28. The van der Waals surface area contributed by atoms with Gasteiger partial charge >= 0.3 is 0 Å². The lowest BCUT2D eigenvalue weighted by Crippen LogP contribution is -2.37. The third kappa shape index (κ3) is 4.46. The van der Waals surface area contributed by atoms with E-state index in [-0.39, 0.29) is 23.3 Å². The van der Waals surface area contributed by atoms with E-state index < -0.39 is 11.0 Å². The van der Waals surface area contributed by atoms with Crippen molar-refractivity contribution in [1.29, 1.82) is 5.26 Å². The molecule has 0 radical (unpaired) electrons. The van der Waals surface area contributed by atoms with Crippen molar-refractivity contribution in [2.45, 2.75) is 55.6 Å². The number of aliphatic hydroxyl groups is 1. The standard InChI is InChI=1S/C24H26N6O3S/c25-14-16-12-17-15-26-24(28-22(17)30(23(16)32)19-5-1-2-6-19)27-18-4-3-7-21(13-18)34(33)29-10-8-20(31)9-11-29/h3-4,7,12-13,15,19-20,31H,1-2,5-6,8-11H2,(H,26,27,28). The summed E-state index contributed by atoms with van der Waals surface area (Å²) in [6.45, 7) is 1.17. The van der Waals surface area contributed by atoms with Crippen molar-refractivity contribution in [3.63, 3.8) is 0 Å². The van der Waals surface area contributed by atoms with Gasteiger partial charge in [-0.3, -0.25) is 9.36 Å². The van der Waals surface area contributed by atoms with Crippen LogP contribution in [0.15, 0.2) is 46.2 Å². The monoisotopic (exact) mass is 478 g/mol. The summed E-state index contributed by atoms with van der Waals surface area (Å²) in [5, 5.41) is 22.9. The Morgan fingerprint density at radius 2 is 1.91 bits per heavy atom. The molecule has 9 nitrogen and oxygen atoms in total. The zero-order chi connectivity index (χ0) is 23.7. The van der Waals surface area contributed by atoms with Gasteiger partial charge in [0, 0.05) is 36.4 Å². The number of hydrogen-bond donors (Lipinski definition) is 2. The van der Waals surface area contributed by atoms with E-state index in [1.54, 1.807) is 22.9 Å². The molecule has 1 aliphatic heterocycles. The predicted octanol–water partition coefficient (Wildman–Crippen LogP) is 3.00. The number of nitrogens with one attached hydrogen (secondary N) is 1. The Morgan fingerprint density at radius 3 is 2.65 bits per heavy atom. The van der Waals surface area contributed by atoms with E-state index in [0.717, 1.165) is 25.7 Å². The fourth-order valence-electron chi connectivity index (χ4n) is 4.73. The van der Waals surface area contributed by atoms with Gasteiger partial charge in [-0.15, -0.1) is 0 Å². The molecule has 3 aromatic rings. The molecule has 1 saturated carbocycles. The van der Waals surface area contributed by atoms with Gasteiger partial charge in [0.05, 0.1) is 11.0 Å². The average molecular weight is 479 g/mol. The van der Waals surface area contributed by atoms with Crippen molar-refractivity contribution >= 4 is 33.7 Å². The van der Waals surface area contributed by atoms with Crippen molar-refractivity contribution in [1.82, 2.24) is 18.8 Å². The third-order valence-corrected chi connectivity index (χ3v) is 8.02. The lowest BCUT2D eigenvalue weighted by molar-refractivity contribution is 0.114. The maximum absolute atomic E-state index is 13.0. The minimum absolute atomic E-state index is 0.0276. The van der Waals surface area contributed by atoms with Gasteiger partial charge in [-0.05, 0) is 49.9 Å². The third-order valence-electron chi connectivity index (χ3n) is 6.53. The van der Waals surface area contributed by atoms with Gasteiger partial charge < -0.3 is 10.4 Å². The van der Waals surface area contributed by atoms with E-state index in [9.17, 15) is 19.4 Å². The number of aromatic nitrogens is 3. The van der Waals surface area contributed by atoms with E-state index in [2.05, 4.69) is 15.3 Å². The Labute approximate surface area is 199 Å². The number of aliphatic hydroxyl groups excluding tert-OH is 1. The highest BCUT2D eigenvalue weighted by Crippen LogP contribution is 2.31. The van der Waals surface area contributed by atoms with Crippen molar-refractivity contribution in [2.75, 3.05) is 18.4 Å². The second-order valence-corrected chi connectivity index (χ2v) is 10.3. The first-order valence-electron chi connectivity index (χ1n) is 11.6. The summed E-state index contributed by atoms with van der Waals surface area (Å²) >= 11 is 0. The number of rotatable bonds is 5. The first-order valence-corrected chi connectivity index (χ1v) is 12.7. The Kier molecular flexibility index (Phi) is 6.41. The van der Waals surface area contributed by atoms with Crippen LogP contribution in [0.2, 0.25) is 0 Å². The zero-order valence-electron chi connectivity index (χ0n) is 18.7. The van der Waals surface area contributed by atoms with Crippen LogP contribution in [0.1, 0.15) is 50.1 Å². The quantitative estimate of drug-likeness (QED) is 0.578. The molecule has 176 valence electrons. The molecular weight excluding hydrogens is 452 g/mol.